The number of benzene rings is 2. The van der Waals surface area contributed by atoms with E-state index in [1.807, 2.05) is 20.8 Å². The average Bonchev–Trinajstić information content (AvgIpc) is 2.76. The van der Waals surface area contributed by atoms with E-state index < -0.39 is 5.78 Å². The van der Waals surface area contributed by atoms with Gasteiger partial charge in [0.2, 0.25) is 0 Å². The number of phenols is 3. The number of methoxy groups -OCH3 is 2. The van der Waals surface area contributed by atoms with Gasteiger partial charge in [-0.15, -0.1) is 0 Å². The quantitative estimate of drug-likeness (QED) is 0.239. The Hall–Kier alpha value is -3.67. The molecule has 0 aliphatic heterocycles. The Labute approximate surface area is 195 Å². The zero-order valence-corrected chi connectivity index (χ0v) is 19.8. The summed E-state index contributed by atoms with van der Waals surface area (Å²) in [5, 5.41) is 31.2. The molecular weight excluding hydrogens is 420 g/mol. The molecule has 2 aromatic rings. The summed E-state index contributed by atoms with van der Waals surface area (Å²) in [4.78, 5) is 13.1. The van der Waals surface area contributed by atoms with Gasteiger partial charge in [-0.05, 0) is 63.8 Å². The highest BCUT2D eigenvalue weighted by atomic mass is 16.5. The third-order valence-corrected chi connectivity index (χ3v) is 5.40. The molecule has 0 amide bonds. The molecule has 33 heavy (non-hydrogen) atoms. The molecule has 176 valence electrons. The molecule has 0 saturated heterocycles. The molecule has 2 aromatic carbocycles. The summed E-state index contributed by atoms with van der Waals surface area (Å²) in [6, 6.07) is 5.87. The lowest BCUT2D eigenvalue weighted by Gasteiger charge is -2.19. The molecule has 2 rings (SSSR count). The van der Waals surface area contributed by atoms with Crippen LogP contribution in [0.1, 0.15) is 48.7 Å². The van der Waals surface area contributed by atoms with E-state index in [2.05, 4.69) is 12.7 Å². The SMILES string of the molecule is C=C(C)C(CC=C(C)C)Cc1c(O)cc(OC)c(C(=O)C=Cc2ccc(O)cc2OC)c1O. The Morgan fingerprint density at radius 3 is 2.30 bits per heavy atom. The van der Waals surface area contributed by atoms with Crippen molar-refractivity contribution in [2.45, 2.75) is 33.6 Å². The van der Waals surface area contributed by atoms with E-state index >= 15 is 0 Å². The first-order valence-electron chi connectivity index (χ1n) is 10.6. The first-order valence-corrected chi connectivity index (χ1v) is 10.6. The maximum absolute atomic E-state index is 13.1. The van der Waals surface area contributed by atoms with E-state index in [9.17, 15) is 20.1 Å². The summed E-state index contributed by atoms with van der Waals surface area (Å²) in [5.74, 6) is -0.488. The van der Waals surface area contributed by atoms with Crippen molar-refractivity contribution in [1.29, 1.82) is 0 Å². The molecule has 3 N–H and O–H groups in total. The number of hydrogen-bond acceptors (Lipinski definition) is 6. The number of carbonyl (C=O) groups excluding carboxylic acids is 1. The van der Waals surface area contributed by atoms with Crippen molar-refractivity contribution in [1.82, 2.24) is 0 Å². The molecule has 0 heterocycles. The molecule has 6 heteroatoms. The smallest absolute Gasteiger partial charge is 0.193 e. The summed E-state index contributed by atoms with van der Waals surface area (Å²) in [5.41, 5.74) is 2.88. The topological polar surface area (TPSA) is 96.2 Å². The van der Waals surface area contributed by atoms with Gasteiger partial charge in [-0.3, -0.25) is 4.79 Å². The minimum absolute atomic E-state index is 0.0233. The van der Waals surface area contributed by atoms with Crippen LogP contribution < -0.4 is 9.47 Å². The standard InChI is InChI=1S/C27H32O6/c1-16(2)7-8-19(17(3)4)13-21-23(30)15-25(33-6)26(27(21)31)22(29)12-10-18-9-11-20(28)14-24(18)32-5/h7,9-12,14-15,19,28,30-31H,3,8,13H2,1-2,4-6H3. The second-order valence-electron chi connectivity index (χ2n) is 8.19. The molecule has 1 atom stereocenters. The minimum atomic E-state index is -0.503. The van der Waals surface area contributed by atoms with Gasteiger partial charge in [0, 0.05) is 23.3 Å². The van der Waals surface area contributed by atoms with Gasteiger partial charge in [-0.2, -0.15) is 0 Å². The highest BCUT2D eigenvalue weighted by Gasteiger charge is 2.24. The summed E-state index contributed by atoms with van der Waals surface area (Å²) in [6.07, 6.45) is 5.91. The molecule has 0 aliphatic rings. The van der Waals surface area contributed by atoms with Crippen LogP contribution in [-0.2, 0) is 6.42 Å². The van der Waals surface area contributed by atoms with Crippen LogP contribution in [0.15, 0.2) is 54.1 Å². The number of aromatic hydroxyl groups is 3. The number of allylic oxidation sites excluding steroid dienone is 4. The van der Waals surface area contributed by atoms with Crippen LogP contribution in [0.4, 0.5) is 0 Å². The largest absolute Gasteiger partial charge is 0.508 e. The maximum Gasteiger partial charge on any atom is 0.193 e. The second-order valence-corrected chi connectivity index (χ2v) is 8.19. The Morgan fingerprint density at radius 2 is 1.73 bits per heavy atom. The monoisotopic (exact) mass is 452 g/mol. The van der Waals surface area contributed by atoms with Gasteiger partial charge in [-0.25, -0.2) is 0 Å². The fourth-order valence-corrected chi connectivity index (χ4v) is 3.44. The van der Waals surface area contributed by atoms with Crippen LogP contribution in [-0.4, -0.2) is 35.3 Å². The van der Waals surface area contributed by atoms with Crippen LogP contribution in [0.3, 0.4) is 0 Å². The maximum atomic E-state index is 13.1. The number of rotatable bonds is 10. The second kappa shape index (κ2) is 11.3. The van der Waals surface area contributed by atoms with Gasteiger partial charge in [0.15, 0.2) is 5.78 Å². The molecule has 0 fully saturated rings. The van der Waals surface area contributed by atoms with Crippen molar-refractivity contribution in [2.24, 2.45) is 5.92 Å². The Kier molecular flexibility index (Phi) is 8.74. The zero-order chi connectivity index (χ0) is 24.7. The van der Waals surface area contributed by atoms with Crippen LogP contribution >= 0.6 is 0 Å². The van der Waals surface area contributed by atoms with Crippen molar-refractivity contribution in [2.75, 3.05) is 14.2 Å². The third-order valence-electron chi connectivity index (χ3n) is 5.40. The van der Waals surface area contributed by atoms with Crippen LogP contribution in [0.25, 0.3) is 6.08 Å². The fourth-order valence-electron chi connectivity index (χ4n) is 3.44. The molecule has 0 bridgehead atoms. The minimum Gasteiger partial charge on any atom is -0.508 e. The molecule has 0 aliphatic carbocycles. The summed E-state index contributed by atoms with van der Waals surface area (Å²) in [7, 11) is 2.82. The zero-order valence-electron chi connectivity index (χ0n) is 19.8. The highest BCUT2D eigenvalue weighted by molar-refractivity contribution is 6.11. The predicted molar refractivity (Wildman–Crippen MR) is 130 cm³/mol. The molecule has 0 saturated carbocycles. The van der Waals surface area contributed by atoms with Gasteiger partial charge >= 0.3 is 0 Å². The van der Waals surface area contributed by atoms with Crippen molar-refractivity contribution in [3.63, 3.8) is 0 Å². The lowest BCUT2D eigenvalue weighted by atomic mass is 9.88. The van der Waals surface area contributed by atoms with E-state index in [0.29, 0.717) is 24.2 Å². The van der Waals surface area contributed by atoms with Crippen molar-refractivity contribution < 1.29 is 29.6 Å². The average molecular weight is 453 g/mol. The Bertz CT molecular complexity index is 1090. The van der Waals surface area contributed by atoms with E-state index in [1.54, 1.807) is 6.07 Å². The first-order chi connectivity index (χ1) is 15.6. The van der Waals surface area contributed by atoms with E-state index in [4.69, 9.17) is 9.47 Å². The molecule has 0 aromatic heterocycles. The van der Waals surface area contributed by atoms with Gasteiger partial charge in [0.05, 0.1) is 14.2 Å². The summed E-state index contributed by atoms with van der Waals surface area (Å²) in [6.45, 7) is 9.95. The van der Waals surface area contributed by atoms with E-state index in [1.165, 1.54) is 44.6 Å². The first kappa shape index (κ1) is 25.6. The van der Waals surface area contributed by atoms with E-state index in [-0.39, 0.29) is 40.0 Å². The van der Waals surface area contributed by atoms with Gasteiger partial charge < -0.3 is 24.8 Å². The number of ether oxygens (including phenoxy) is 2. The third kappa shape index (κ3) is 6.42. The van der Waals surface area contributed by atoms with Crippen molar-refractivity contribution in [3.8, 4) is 28.7 Å². The molecule has 0 spiro atoms. The predicted octanol–water partition coefficient (Wildman–Crippen LogP) is 5.81. The van der Waals surface area contributed by atoms with Gasteiger partial charge in [-0.1, -0.05) is 23.8 Å². The molecule has 1 unspecified atom stereocenters. The highest BCUT2D eigenvalue weighted by Crippen LogP contribution is 2.41. The van der Waals surface area contributed by atoms with Crippen LogP contribution in [0.2, 0.25) is 0 Å². The number of phenolic OH excluding ortho intramolecular Hbond substituents is 3. The van der Waals surface area contributed by atoms with E-state index in [0.717, 1.165) is 11.1 Å². The lowest BCUT2D eigenvalue weighted by molar-refractivity contribution is 0.104. The summed E-state index contributed by atoms with van der Waals surface area (Å²) < 4.78 is 10.5. The molecule has 0 radical (unpaired) electrons. The normalized spacial score (nSPS) is 11.8. The van der Waals surface area contributed by atoms with Crippen molar-refractivity contribution in [3.05, 3.63) is 70.8 Å². The Morgan fingerprint density at radius 1 is 1.06 bits per heavy atom. The summed E-state index contributed by atoms with van der Waals surface area (Å²) >= 11 is 0. The molecular formula is C27H32O6. The van der Waals surface area contributed by atoms with Crippen molar-refractivity contribution >= 4 is 11.9 Å². The number of hydrogen-bond donors (Lipinski definition) is 3. The van der Waals surface area contributed by atoms with Gasteiger partial charge in [0.1, 0.15) is 34.3 Å². The van der Waals surface area contributed by atoms with Crippen LogP contribution in [0, 0.1) is 5.92 Å². The lowest BCUT2D eigenvalue weighted by Crippen LogP contribution is -2.08. The van der Waals surface area contributed by atoms with Gasteiger partial charge in [0.25, 0.3) is 0 Å². The number of ketones is 1. The Balaban J connectivity index is 2.47. The number of carbonyl (C=O) groups is 1. The molecule has 6 nitrogen and oxygen atoms in total. The fraction of sp³-hybridized carbons (Fsp3) is 0.296. The van der Waals surface area contributed by atoms with Crippen LogP contribution in [0.5, 0.6) is 28.7 Å².